The van der Waals surface area contributed by atoms with Crippen LogP contribution in [-0.2, 0) is 19.6 Å². The summed E-state index contributed by atoms with van der Waals surface area (Å²) in [6, 6.07) is 10.5. The Morgan fingerprint density at radius 3 is 2.22 bits per heavy atom. The number of nitrogens with two attached hydrogens (primary N) is 1. The molecule has 4 N–H and O–H groups in total. The zero-order valence-electron chi connectivity index (χ0n) is 13.8. The van der Waals surface area contributed by atoms with Crippen molar-refractivity contribution in [3.63, 3.8) is 0 Å². The van der Waals surface area contributed by atoms with Crippen molar-refractivity contribution in [3.05, 3.63) is 64.8 Å². The lowest BCUT2D eigenvalue weighted by molar-refractivity contribution is -0.131. The molecule has 10 heteroatoms. The van der Waals surface area contributed by atoms with Crippen LogP contribution < -0.4 is 10.5 Å². The zero-order valence-corrected chi connectivity index (χ0v) is 15.4. The van der Waals surface area contributed by atoms with Gasteiger partial charge in [-0.05, 0) is 48.0 Å². The lowest BCUT2D eigenvalue weighted by Crippen LogP contribution is -2.15. The van der Waals surface area contributed by atoms with Crippen molar-refractivity contribution in [2.45, 2.75) is 4.90 Å². The summed E-state index contributed by atoms with van der Waals surface area (Å²) in [5, 5.41) is 16.7. The molecular formula is C17H15FN2O5S2. The number of thioether (sulfide) groups is 1. The maximum absolute atomic E-state index is 12.9. The van der Waals surface area contributed by atoms with Crippen molar-refractivity contribution in [2.75, 3.05) is 11.1 Å². The molecule has 2 aromatic carbocycles. The maximum atomic E-state index is 12.9. The van der Waals surface area contributed by atoms with Gasteiger partial charge in [-0.1, -0.05) is 12.1 Å². The second-order valence-corrected chi connectivity index (χ2v) is 7.85. The molecule has 0 heterocycles. The molecule has 0 aliphatic heterocycles. The first-order chi connectivity index (χ1) is 12.6. The molecule has 0 saturated heterocycles. The summed E-state index contributed by atoms with van der Waals surface area (Å²) in [6.07, 6.45) is 1.33. The number of carbonyl (C=O) groups is 2. The largest absolute Gasteiger partial charge is 0.477 e. The number of hydrogen-bond acceptors (Lipinski definition) is 5. The predicted octanol–water partition coefficient (Wildman–Crippen LogP) is 2.27. The number of benzene rings is 2. The quantitative estimate of drug-likeness (QED) is 0.601. The minimum Gasteiger partial charge on any atom is -0.477 e. The summed E-state index contributed by atoms with van der Waals surface area (Å²) in [4.78, 5) is 23.1. The van der Waals surface area contributed by atoms with Gasteiger partial charge in [0, 0.05) is 5.69 Å². The van der Waals surface area contributed by atoms with Gasteiger partial charge in [0.2, 0.25) is 15.9 Å². The molecule has 0 spiro atoms. The van der Waals surface area contributed by atoms with E-state index in [-0.39, 0.29) is 15.6 Å². The van der Waals surface area contributed by atoms with E-state index in [0.717, 1.165) is 11.8 Å². The number of hydrogen-bond donors (Lipinski definition) is 3. The number of nitrogens with one attached hydrogen (secondary N) is 1. The van der Waals surface area contributed by atoms with Crippen LogP contribution in [0.3, 0.4) is 0 Å². The molecule has 7 nitrogen and oxygen atoms in total. The van der Waals surface area contributed by atoms with E-state index in [4.69, 9.17) is 5.14 Å². The van der Waals surface area contributed by atoms with Crippen LogP contribution in [0.4, 0.5) is 10.1 Å². The SMILES string of the molecule is NS(=O)(=O)c1ccc(NC(=O)CS/C(=C\c2ccc(F)cc2)C(=O)O)cc1. The van der Waals surface area contributed by atoms with Gasteiger partial charge in [0.15, 0.2) is 0 Å². The first kappa shape index (κ1) is 20.6. The van der Waals surface area contributed by atoms with Gasteiger partial charge in [0.1, 0.15) is 5.82 Å². The highest BCUT2D eigenvalue weighted by atomic mass is 32.2. The molecule has 0 aliphatic carbocycles. The molecule has 0 fully saturated rings. The van der Waals surface area contributed by atoms with Gasteiger partial charge < -0.3 is 10.4 Å². The number of carboxylic acids is 1. The van der Waals surface area contributed by atoms with Gasteiger partial charge >= 0.3 is 5.97 Å². The van der Waals surface area contributed by atoms with Gasteiger partial charge in [-0.15, -0.1) is 11.8 Å². The van der Waals surface area contributed by atoms with Crippen LogP contribution in [0.2, 0.25) is 0 Å². The fraction of sp³-hybridized carbons (Fsp3) is 0.0588. The maximum Gasteiger partial charge on any atom is 0.342 e. The van der Waals surface area contributed by atoms with E-state index in [9.17, 15) is 27.5 Å². The van der Waals surface area contributed by atoms with Gasteiger partial charge in [0.05, 0.1) is 15.6 Å². The van der Waals surface area contributed by atoms with Crippen molar-refractivity contribution < 1.29 is 27.5 Å². The second-order valence-electron chi connectivity index (χ2n) is 5.27. The number of carboxylic acid groups (broad SMARTS) is 1. The fourth-order valence-corrected chi connectivity index (χ4v) is 3.16. The second kappa shape index (κ2) is 8.80. The van der Waals surface area contributed by atoms with E-state index in [2.05, 4.69) is 5.32 Å². The Kier molecular flexibility index (Phi) is 6.72. The molecule has 27 heavy (non-hydrogen) atoms. The molecule has 2 aromatic rings. The van der Waals surface area contributed by atoms with E-state index in [1.165, 1.54) is 54.6 Å². The van der Waals surface area contributed by atoms with Crippen molar-refractivity contribution in [1.29, 1.82) is 0 Å². The molecule has 142 valence electrons. The Morgan fingerprint density at radius 2 is 1.70 bits per heavy atom. The molecule has 2 rings (SSSR count). The Labute approximate surface area is 159 Å². The average Bonchev–Trinajstić information content (AvgIpc) is 2.59. The third kappa shape index (κ3) is 6.51. The first-order valence-electron chi connectivity index (χ1n) is 7.41. The Morgan fingerprint density at radius 1 is 1.11 bits per heavy atom. The molecule has 0 bridgehead atoms. The number of aliphatic carboxylic acids is 1. The van der Waals surface area contributed by atoms with Crippen LogP contribution in [0.5, 0.6) is 0 Å². The number of halogens is 1. The molecule has 0 saturated carbocycles. The number of primary sulfonamides is 1. The van der Waals surface area contributed by atoms with Crippen LogP contribution in [0, 0.1) is 5.82 Å². The smallest absolute Gasteiger partial charge is 0.342 e. The van der Waals surface area contributed by atoms with Crippen molar-refractivity contribution in [2.24, 2.45) is 5.14 Å². The summed E-state index contributed by atoms with van der Waals surface area (Å²) < 4.78 is 35.3. The van der Waals surface area contributed by atoms with Crippen LogP contribution in [0.25, 0.3) is 6.08 Å². The minimum atomic E-state index is -3.82. The fourth-order valence-electron chi connectivity index (χ4n) is 1.94. The number of carbonyl (C=O) groups excluding carboxylic acids is 1. The van der Waals surface area contributed by atoms with Crippen molar-refractivity contribution >= 4 is 45.4 Å². The first-order valence-corrected chi connectivity index (χ1v) is 9.94. The lowest BCUT2D eigenvalue weighted by atomic mass is 10.2. The standard InChI is InChI=1S/C17H15FN2O5S2/c18-12-3-1-11(2-4-12)9-15(17(22)23)26-10-16(21)20-13-5-7-14(8-6-13)27(19,24)25/h1-9H,10H2,(H,20,21)(H,22,23)(H2,19,24,25)/b15-9-. The number of sulfonamides is 1. The number of anilines is 1. The third-order valence-electron chi connectivity index (χ3n) is 3.20. The molecule has 1 amide bonds. The van der Waals surface area contributed by atoms with Crippen LogP contribution in [0.15, 0.2) is 58.3 Å². The van der Waals surface area contributed by atoms with E-state index < -0.39 is 27.7 Å². The highest BCUT2D eigenvalue weighted by molar-refractivity contribution is 8.04. The summed E-state index contributed by atoms with van der Waals surface area (Å²) in [7, 11) is -3.82. The summed E-state index contributed by atoms with van der Waals surface area (Å²) in [5.74, 6) is -2.32. The number of amides is 1. The van der Waals surface area contributed by atoms with Gasteiger partial charge in [0.25, 0.3) is 0 Å². The van der Waals surface area contributed by atoms with Crippen molar-refractivity contribution in [3.8, 4) is 0 Å². The number of rotatable bonds is 7. The lowest BCUT2D eigenvalue weighted by Gasteiger charge is -2.06. The molecule has 0 aliphatic rings. The normalized spacial score (nSPS) is 11.9. The van der Waals surface area contributed by atoms with Gasteiger partial charge in [-0.2, -0.15) is 0 Å². The Bertz CT molecular complexity index is 971. The molecule has 0 unspecified atom stereocenters. The summed E-state index contributed by atoms with van der Waals surface area (Å²) in [5.41, 5.74) is 0.827. The summed E-state index contributed by atoms with van der Waals surface area (Å²) >= 11 is 0.803. The third-order valence-corrected chi connectivity index (χ3v) is 5.14. The van der Waals surface area contributed by atoms with Gasteiger partial charge in [-0.25, -0.2) is 22.7 Å². The van der Waals surface area contributed by atoms with E-state index >= 15 is 0 Å². The van der Waals surface area contributed by atoms with Crippen LogP contribution >= 0.6 is 11.8 Å². The molecular weight excluding hydrogens is 395 g/mol. The Hall–Kier alpha value is -2.69. The molecule has 0 atom stereocenters. The Balaban J connectivity index is 1.99. The zero-order chi connectivity index (χ0) is 20.0. The van der Waals surface area contributed by atoms with E-state index in [1.54, 1.807) is 0 Å². The van der Waals surface area contributed by atoms with E-state index in [0.29, 0.717) is 11.3 Å². The monoisotopic (exact) mass is 410 g/mol. The topological polar surface area (TPSA) is 127 Å². The van der Waals surface area contributed by atoms with E-state index in [1.807, 2.05) is 0 Å². The molecule has 0 radical (unpaired) electrons. The van der Waals surface area contributed by atoms with Gasteiger partial charge in [-0.3, -0.25) is 4.79 Å². The van der Waals surface area contributed by atoms with Crippen molar-refractivity contribution in [1.82, 2.24) is 0 Å². The predicted molar refractivity (Wildman–Crippen MR) is 101 cm³/mol. The highest BCUT2D eigenvalue weighted by Gasteiger charge is 2.12. The van der Waals surface area contributed by atoms with Crippen LogP contribution in [-0.4, -0.2) is 31.2 Å². The summed E-state index contributed by atoms with van der Waals surface area (Å²) in [6.45, 7) is 0. The minimum absolute atomic E-state index is 0.0821. The van der Waals surface area contributed by atoms with Crippen LogP contribution in [0.1, 0.15) is 5.56 Å². The highest BCUT2D eigenvalue weighted by Crippen LogP contribution is 2.21. The molecule has 0 aromatic heterocycles. The average molecular weight is 410 g/mol.